The van der Waals surface area contributed by atoms with Crippen LogP contribution in [0.5, 0.6) is 0 Å². The van der Waals surface area contributed by atoms with Crippen LogP contribution in [0.15, 0.2) is 24.3 Å². The van der Waals surface area contributed by atoms with Gasteiger partial charge >= 0.3 is 0 Å². The summed E-state index contributed by atoms with van der Waals surface area (Å²) < 4.78 is 22.4. The average molecular weight is 324 g/mol. The number of fused-ring (bicyclic) bond motifs is 1. The van der Waals surface area contributed by atoms with Gasteiger partial charge in [-0.15, -0.1) is 0 Å². The molecule has 1 heterocycles. The molecule has 0 fully saturated rings. The number of sulfone groups is 1. The summed E-state index contributed by atoms with van der Waals surface area (Å²) in [7, 11) is -3.02. The van der Waals surface area contributed by atoms with Crippen molar-refractivity contribution < 1.29 is 13.2 Å². The number of anilines is 2. The Balaban J connectivity index is 2.12. The molecular formula is C16H24N2O3S. The van der Waals surface area contributed by atoms with Gasteiger partial charge in [0, 0.05) is 25.3 Å². The normalized spacial score (nSPS) is 18.0. The number of para-hydroxylation sites is 2. The van der Waals surface area contributed by atoms with Gasteiger partial charge in [0.25, 0.3) is 0 Å². The Kier molecular flexibility index (Phi) is 5.11. The number of hydrogen-bond acceptors (Lipinski definition) is 4. The van der Waals surface area contributed by atoms with E-state index in [1.54, 1.807) is 4.90 Å². The standard InChI is InChI=1S/C16H24N2O3S/c1-12(2)14-11-18(15-8-5-4-7-13(15)17-14)16(19)9-6-10-22(3,20)21/h4-5,7-8,12,14,17H,6,9-11H2,1-3H3/t14-/m0/s1. The Labute approximate surface area is 132 Å². The maximum Gasteiger partial charge on any atom is 0.227 e. The molecule has 0 aromatic heterocycles. The minimum atomic E-state index is -3.02. The SMILES string of the molecule is CC(C)[C@@H]1CN(C(=O)CCCS(C)(=O)=O)c2ccccc2N1. The van der Waals surface area contributed by atoms with Gasteiger partial charge in [0.1, 0.15) is 9.84 Å². The number of rotatable bonds is 5. The van der Waals surface area contributed by atoms with Crippen molar-refractivity contribution in [3.05, 3.63) is 24.3 Å². The van der Waals surface area contributed by atoms with E-state index in [0.717, 1.165) is 11.4 Å². The fourth-order valence-corrected chi connectivity index (χ4v) is 3.27. The summed E-state index contributed by atoms with van der Waals surface area (Å²) >= 11 is 0. The maximum atomic E-state index is 12.5. The fraction of sp³-hybridized carbons (Fsp3) is 0.562. The van der Waals surface area contributed by atoms with Crippen molar-refractivity contribution in [2.45, 2.75) is 32.7 Å². The maximum absolute atomic E-state index is 12.5. The zero-order valence-corrected chi connectivity index (χ0v) is 14.2. The van der Waals surface area contributed by atoms with Crippen molar-refractivity contribution in [1.29, 1.82) is 0 Å². The summed E-state index contributed by atoms with van der Waals surface area (Å²) in [5.41, 5.74) is 1.84. The Morgan fingerprint density at radius 3 is 2.68 bits per heavy atom. The molecule has 0 aliphatic carbocycles. The monoisotopic (exact) mass is 324 g/mol. The third-order valence-corrected chi connectivity index (χ3v) is 4.96. The van der Waals surface area contributed by atoms with E-state index in [1.165, 1.54) is 6.26 Å². The van der Waals surface area contributed by atoms with Gasteiger partial charge in [0.05, 0.1) is 17.1 Å². The van der Waals surface area contributed by atoms with E-state index in [0.29, 0.717) is 18.9 Å². The van der Waals surface area contributed by atoms with Gasteiger partial charge < -0.3 is 10.2 Å². The first-order chi connectivity index (χ1) is 10.3. The molecule has 0 spiro atoms. The molecule has 1 aromatic rings. The summed E-state index contributed by atoms with van der Waals surface area (Å²) in [5, 5.41) is 3.47. The number of benzene rings is 1. The predicted octanol–water partition coefficient (Wildman–Crippen LogP) is 2.29. The van der Waals surface area contributed by atoms with Gasteiger partial charge in [-0.1, -0.05) is 26.0 Å². The van der Waals surface area contributed by atoms with Crippen LogP contribution in [0.2, 0.25) is 0 Å². The van der Waals surface area contributed by atoms with Crippen molar-refractivity contribution in [2.75, 3.05) is 28.8 Å². The zero-order chi connectivity index (χ0) is 16.3. The topological polar surface area (TPSA) is 66.5 Å². The first kappa shape index (κ1) is 16.8. The second-order valence-electron chi connectivity index (χ2n) is 6.25. The van der Waals surface area contributed by atoms with Crippen LogP contribution in [0.3, 0.4) is 0 Å². The van der Waals surface area contributed by atoms with Crippen molar-refractivity contribution in [3.63, 3.8) is 0 Å². The van der Waals surface area contributed by atoms with Gasteiger partial charge in [0.15, 0.2) is 0 Å². The van der Waals surface area contributed by atoms with Crippen LogP contribution in [0.25, 0.3) is 0 Å². The molecule has 2 rings (SSSR count). The molecule has 6 heteroatoms. The molecule has 5 nitrogen and oxygen atoms in total. The average Bonchev–Trinajstić information content (AvgIpc) is 2.44. The largest absolute Gasteiger partial charge is 0.379 e. The molecule has 1 amide bonds. The van der Waals surface area contributed by atoms with Crippen LogP contribution >= 0.6 is 0 Å². The van der Waals surface area contributed by atoms with Gasteiger partial charge in [-0.05, 0) is 24.5 Å². The molecule has 0 bridgehead atoms. The number of carbonyl (C=O) groups is 1. The summed E-state index contributed by atoms with van der Waals surface area (Å²) in [5.74, 6) is 0.447. The molecule has 0 unspecified atom stereocenters. The lowest BCUT2D eigenvalue weighted by Crippen LogP contribution is -2.47. The van der Waals surface area contributed by atoms with E-state index in [2.05, 4.69) is 19.2 Å². The van der Waals surface area contributed by atoms with Crippen LogP contribution < -0.4 is 10.2 Å². The van der Waals surface area contributed by atoms with Crippen molar-refractivity contribution in [3.8, 4) is 0 Å². The molecule has 122 valence electrons. The van der Waals surface area contributed by atoms with E-state index in [4.69, 9.17) is 0 Å². The summed E-state index contributed by atoms with van der Waals surface area (Å²) in [6.45, 7) is 4.86. The summed E-state index contributed by atoms with van der Waals surface area (Å²) in [6, 6.07) is 7.95. The predicted molar refractivity (Wildman–Crippen MR) is 90.0 cm³/mol. The Hall–Kier alpha value is -1.56. The molecule has 0 radical (unpaired) electrons. The van der Waals surface area contributed by atoms with Crippen LogP contribution in [-0.4, -0.2) is 38.9 Å². The number of carbonyl (C=O) groups excluding carboxylic acids is 1. The van der Waals surface area contributed by atoms with Crippen LogP contribution in [0.4, 0.5) is 11.4 Å². The van der Waals surface area contributed by atoms with Gasteiger partial charge in [-0.25, -0.2) is 8.42 Å². The second-order valence-corrected chi connectivity index (χ2v) is 8.51. The lowest BCUT2D eigenvalue weighted by molar-refractivity contribution is -0.118. The van der Waals surface area contributed by atoms with Gasteiger partial charge in [-0.3, -0.25) is 4.79 Å². The quantitative estimate of drug-likeness (QED) is 0.902. The first-order valence-corrected chi connectivity index (χ1v) is 9.67. The summed E-state index contributed by atoms with van der Waals surface area (Å²) in [4.78, 5) is 14.3. The number of nitrogens with one attached hydrogen (secondary N) is 1. The highest BCUT2D eigenvalue weighted by Gasteiger charge is 2.29. The Morgan fingerprint density at radius 1 is 1.36 bits per heavy atom. The van der Waals surface area contributed by atoms with E-state index in [9.17, 15) is 13.2 Å². The fourth-order valence-electron chi connectivity index (χ4n) is 2.61. The minimum Gasteiger partial charge on any atom is -0.379 e. The minimum absolute atomic E-state index is 0.0109. The van der Waals surface area contributed by atoms with E-state index in [-0.39, 0.29) is 24.1 Å². The van der Waals surface area contributed by atoms with Crippen LogP contribution in [0, 0.1) is 5.92 Å². The Morgan fingerprint density at radius 2 is 2.05 bits per heavy atom. The molecule has 0 saturated carbocycles. The van der Waals surface area contributed by atoms with Gasteiger partial charge in [-0.2, -0.15) is 0 Å². The molecule has 22 heavy (non-hydrogen) atoms. The first-order valence-electron chi connectivity index (χ1n) is 7.61. The molecule has 1 aliphatic rings. The lowest BCUT2D eigenvalue weighted by Gasteiger charge is -2.37. The second kappa shape index (κ2) is 6.69. The highest BCUT2D eigenvalue weighted by molar-refractivity contribution is 7.90. The third kappa shape index (κ3) is 4.22. The molecule has 1 N–H and O–H groups in total. The van der Waals surface area contributed by atoms with E-state index >= 15 is 0 Å². The smallest absolute Gasteiger partial charge is 0.227 e. The molecule has 1 aromatic carbocycles. The van der Waals surface area contributed by atoms with Crippen molar-refractivity contribution in [1.82, 2.24) is 0 Å². The number of amides is 1. The van der Waals surface area contributed by atoms with Crippen LogP contribution in [0.1, 0.15) is 26.7 Å². The van der Waals surface area contributed by atoms with E-state index in [1.807, 2.05) is 24.3 Å². The lowest BCUT2D eigenvalue weighted by atomic mass is 9.99. The van der Waals surface area contributed by atoms with Crippen molar-refractivity contribution in [2.24, 2.45) is 5.92 Å². The zero-order valence-electron chi connectivity index (χ0n) is 13.4. The molecule has 1 atom stereocenters. The van der Waals surface area contributed by atoms with Crippen molar-refractivity contribution >= 4 is 27.1 Å². The molecule has 0 saturated heterocycles. The van der Waals surface area contributed by atoms with Gasteiger partial charge in [0.2, 0.25) is 5.91 Å². The molecule has 1 aliphatic heterocycles. The third-order valence-electron chi connectivity index (χ3n) is 3.93. The Bertz CT molecular complexity index is 641. The highest BCUT2D eigenvalue weighted by atomic mass is 32.2. The van der Waals surface area contributed by atoms with Crippen LogP contribution in [-0.2, 0) is 14.6 Å². The van der Waals surface area contributed by atoms with E-state index < -0.39 is 9.84 Å². The number of hydrogen-bond donors (Lipinski definition) is 1. The highest BCUT2D eigenvalue weighted by Crippen LogP contribution is 2.32. The summed E-state index contributed by atoms with van der Waals surface area (Å²) in [6.07, 6.45) is 1.83. The molecular weight excluding hydrogens is 300 g/mol. The number of nitrogens with zero attached hydrogens (tertiary/aromatic N) is 1.